The highest BCUT2D eigenvalue weighted by atomic mass is 35.5. The first-order chi connectivity index (χ1) is 10.6. The number of hydrogen-bond acceptors (Lipinski definition) is 5. The lowest BCUT2D eigenvalue weighted by atomic mass is 10.4. The standard InChI is InChI=1S/C15H14ClNO3S2/c16-13-7-6-12(22-13)15(19)20-10-14(18)17-8-9-21-11-4-2-1-3-5-11/h1-7H,8-10H2,(H,17,18). The first kappa shape index (κ1) is 16.9. The molecule has 1 N–H and O–H groups in total. The van der Waals surface area contributed by atoms with E-state index in [2.05, 4.69) is 5.32 Å². The van der Waals surface area contributed by atoms with Crippen molar-refractivity contribution in [2.75, 3.05) is 18.9 Å². The molecule has 0 aliphatic carbocycles. The van der Waals surface area contributed by atoms with Crippen LogP contribution in [0.1, 0.15) is 9.67 Å². The molecule has 4 nitrogen and oxygen atoms in total. The van der Waals surface area contributed by atoms with Gasteiger partial charge in [-0.1, -0.05) is 29.8 Å². The molecule has 1 aromatic heterocycles. The fraction of sp³-hybridized carbons (Fsp3) is 0.200. The SMILES string of the molecule is O=C(COC(=O)c1ccc(Cl)s1)NCCSc1ccccc1. The lowest BCUT2D eigenvalue weighted by Crippen LogP contribution is -2.30. The van der Waals surface area contributed by atoms with E-state index in [1.54, 1.807) is 23.9 Å². The van der Waals surface area contributed by atoms with Crippen molar-refractivity contribution < 1.29 is 14.3 Å². The molecule has 1 heterocycles. The van der Waals surface area contributed by atoms with Crippen molar-refractivity contribution >= 4 is 46.6 Å². The maximum absolute atomic E-state index is 11.6. The van der Waals surface area contributed by atoms with Gasteiger partial charge in [0, 0.05) is 17.2 Å². The molecule has 0 saturated carbocycles. The third-order valence-corrected chi connectivity index (χ3v) is 4.77. The minimum atomic E-state index is -0.536. The fourth-order valence-electron chi connectivity index (χ4n) is 1.55. The van der Waals surface area contributed by atoms with E-state index < -0.39 is 5.97 Å². The summed E-state index contributed by atoms with van der Waals surface area (Å²) in [4.78, 5) is 24.7. The number of rotatable bonds is 7. The summed E-state index contributed by atoms with van der Waals surface area (Å²) >= 11 is 8.50. The van der Waals surface area contributed by atoms with Gasteiger partial charge < -0.3 is 10.1 Å². The second kappa shape index (κ2) is 8.82. The quantitative estimate of drug-likeness (QED) is 0.469. The van der Waals surface area contributed by atoms with Crippen molar-refractivity contribution in [2.45, 2.75) is 4.90 Å². The second-order valence-electron chi connectivity index (χ2n) is 4.19. The van der Waals surface area contributed by atoms with Crippen molar-refractivity contribution in [3.63, 3.8) is 0 Å². The molecule has 2 rings (SSSR count). The van der Waals surface area contributed by atoms with Gasteiger partial charge in [0.25, 0.3) is 5.91 Å². The molecule has 1 amide bonds. The zero-order chi connectivity index (χ0) is 15.8. The topological polar surface area (TPSA) is 55.4 Å². The number of carbonyl (C=O) groups excluding carboxylic acids is 2. The summed E-state index contributed by atoms with van der Waals surface area (Å²) in [6, 6.07) is 13.1. The second-order valence-corrected chi connectivity index (χ2v) is 7.07. The Hall–Kier alpha value is -1.50. The fourth-order valence-corrected chi connectivity index (χ4v) is 3.28. The van der Waals surface area contributed by atoms with Gasteiger partial charge in [0.05, 0.1) is 4.34 Å². The molecule has 116 valence electrons. The van der Waals surface area contributed by atoms with Crippen LogP contribution in [-0.2, 0) is 9.53 Å². The third-order valence-electron chi connectivity index (χ3n) is 2.54. The van der Waals surface area contributed by atoms with Crippen LogP contribution in [0.2, 0.25) is 4.34 Å². The number of carbonyl (C=O) groups is 2. The highest BCUT2D eigenvalue weighted by molar-refractivity contribution is 7.99. The predicted molar refractivity (Wildman–Crippen MR) is 89.8 cm³/mol. The van der Waals surface area contributed by atoms with E-state index in [0.717, 1.165) is 22.0 Å². The molecule has 0 bridgehead atoms. The predicted octanol–water partition coefficient (Wildman–Crippen LogP) is 3.47. The summed E-state index contributed by atoms with van der Waals surface area (Å²) in [7, 11) is 0. The van der Waals surface area contributed by atoms with E-state index in [1.165, 1.54) is 0 Å². The van der Waals surface area contributed by atoms with E-state index in [1.807, 2.05) is 30.3 Å². The minimum absolute atomic E-state index is 0.287. The Morgan fingerprint density at radius 2 is 1.95 bits per heavy atom. The van der Waals surface area contributed by atoms with Crippen LogP contribution in [0.4, 0.5) is 0 Å². The van der Waals surface area contributed by atoms with Gasteiger partial charge in [-0.3, -0.25) is 4.79 Å². The van der Waals surface area contributed by atoms with Crippen LogP contribution in [-0.4, -0.2) is 30.8 Å². The zero-order valence-electron chi connectivity index (χ0n) is 11.6. The minimum Gasteiger partial charge on any atom is -0.451 e. The summed E-state index contributed by atoms with van der Waals surface area (Å²) in [5, 5.41) is 2.71. The Morgan fingerprint density at radius 1 is 1.18 bits per heavy atom. The summed E-state index contributed by atoms with van der Waals surface area (Å²) in [5.41, 5.74) is 0. The van der Waals surface area contributed by atoms with E-state index in [9.17, 15) is 9.59 Å². The molecule has 0 spiro atoms. The third kappa shape index (κ3) is 5.71. The van der Waals surface area contributed by atoms with Gasteiger partial charge >= 0.3 is 5.97 Å². The number of esters is 1. The smallest absolute Gasteiger partial charge is 0.348 e. The van der Waals surface area contributed by atoms with E-state index in [-0.39, 0.29) is 12.5 Å². The number of benzene rings is 1. The van der Waals surface area contributed by atoms with Gasteiger partial charge in [-0.2, -0.15) is 0 Å². The molecule has 1 aromatic carbocycles. The normalized spacial score (nSPS) is 10.2. The lowest BCUT2D eigenvalue weighted by Gasteiger charge is -2.06. The Bertz CT molecular complexity index is 631. The first-order valence-corrected chi connectivity index (χ1v) is 8.70. The Balaban J connectivity index is 1.61. The molecule has 0 fully saturated rings. The number of nitrogens with one attached hydrogen (secondary N) is 1. The van der Waals surface area contributed by atoms with E-state index >= 15 is 0 Å². The van der Waals surface area contributed by atoms with Crippen LogP contribution in [0, 0.1) is 0 Å². The number of thioether (sulfide) groups is 1. The van der Waals surface area contributed by atoms with E-state index in [0.29, 0.717) is 15.8 Å². The van der Waals surface area contributed by atoms with Crippen LogP contribution >= 0.6 is 34.7 Å². The van der Waals surface area contributed by atoms with Crippen molar-refractivity contribution in [1.29, 1.82) is 0 Å². The van der Waals surface area contributed by atoms with Crippen molar-refractivity contribution in [2.24, 2.45) is 0 Å². The van der Waals surface area contributed by atoms with Crippen LogP contribution in [0.15, 0.2) is 47.4 Å². The molecule has 0 atom stereocenters. The molecular weight excluding hydrogens is 342 g/mol. The molecule has 0 saturated heterocycles. The highest BCUT2D eigenvalue weighted by Gasteiger charge is 2.12. The average Bonchev–Trinajstić information content (AvgIpc) is 2.97. The van der Waals surface area contributed by atoms with Crippen LogP contribution in [0.25, 0.3) is 0 Å². The molecule has 0 aliphatic rings. The molecule has 7 heteroatoms. The number of hydrogen-bond donors (Lipinski definition) is 1. The highest BCUT2D eigenvalue weighted by Crippen LogP contribution is 2.21. The van der Waals surface area contributed by atoms with Crippen LogP contribution < -0.4 is 5.32 Å². The molecule has 0 radical (unpaired) electrons. The summed E-state index contributed by atoms with van der Waals surface area (Å²) in [6.07, 6.45) is 0. The van der Waals surface area contributed by atoms with E-state index in [4.69, 9.17) is 16.3 Å². The first-order valence-electron chi connectivity index (χ1n) is 6.52. The Morgan fingerprint density at radius 3 is 2.64 bits per heavy atom. The molecule has 2 aromatic rings. The maximum Gasteiger partial charge on any atom is 0.348 e. The van der Waals surface area contributed by atoms with Gasteiger partial charge in [0.15, 0.2) is 6.61 Å². The number of ether oxygens (including phenoxy) is 1. The monoisotopic (exact) mass is 355 g/mol. The van der Waals surface area contributed by atoms with Gasteiger partial charge in [0.2, 0.25) is 0 Å². The maximum atomic E-state index is 11.6. The average molecular weight is 356 g/mol. The number of halogens is 1. The molecule has 0 aliphatic heterocycles. The molecule has 22 heavy (non-hydrogen) atoms. The Labute approximate surface area is 141 Å². The van der Waals surface area contributed by atoms with Gasteiger partial charge in [-0.05, 0) is 24.3 Å². The van der Waals surface area contributed by atoms with Crippen molar-refractivity contribution in [3.05, 3.63) is 51.7 Å². The van der Waals surface area contributed by atoms with Gasteiger partial charge in [0.1, 0.15) is 4.88 Å². The molecule has 0 unspecified atom stereocenters. The van der Waals surface area contributed by atoms with Crippen molar-refractivity contribution in [1.82, 2.24) is 5.32 Å². The van der Waals surface area contributed by atoms with Crippen molar-refractivity contribution in [3.8, 4) is 0 Å². The zero-order valence-corrected chi connectivity index (χ0v) is 14.0. The lowest BCUT2D eigenvalue weighted by molar-refractivity contribution is -0.124. The number of thiophene rings is 1. The number of amides is 1. The Kier molecular flexibility index (Phi) is 6.76. The van der Waals surface area contributed by atoms with Crippen LogP contribution in [0.3, 0.4) is 0 Å². The molecular formula is C15H14ClNO3S2. The summed E-state index contributed by atoms with van der Waals surface area (Å²) in [6.45, 7) is 0.227. The largest absolute Gasteiger partial charge is 0.451 e. The summed E-state index contributed by atoms with van der Waals surface area (Å²) in [5.74, 6) is -0.0973. The van der Waals surface area contributed by atoms with Gasteiger partial charge in [-0.15, -0.1) is 23.1 Å². The summed E-state index contributed by atoms with van der Waals surface area (Å²) < 4.78 is 5.42. The van der Waals surface area contributed by atoms with Crippen LogP contribution in [0.5, 0.6) is 0 Å². The van der Waals surface area contributed by atoms with Gasteiger partial charge in [-0.25, -0.2) is 4.79 Å².